The summed E-state index contributed by atoms with van der Waals surface area (Å²) in [5, 5.41) is 4.87. The minimum Gasteiger partial charge on any atom is -0.371 e. The fraction of sp³-hybridized carbons (Fsp3) is 0.824. The summed E-state index contributed by atoms with van der Waals surface area (Å²) in [5.41, 5.74) is 1.22. The number of nitrogens with one attached hydrogen (secondary N) is 1. The molecule has 1 fully saturated rings. The lowest BCUT2D eigenvalue weighted by Crippen LogP contribution is -2.34. The SMILES string of the molecule is CCNC1CCCc2nc(C3(OC)CCCC(C)C3)sc21. The molecule has 1 N–H and O–H groups in total. The summed E-state index contributed by atoms with van der Waals surface area (Å²) in [6.07, 6.45) is 8.49. The van der Waals surface area contributed by atoms with Crippen LogP contribution in [0.1, 0.15) is 74.0 Å². The van der Waals surface area contributed by atoms with Gasteiger partial charge in [-0.2, -0.15) is 0 Å². The monoisotopic (exact) mass is 308 g/mol. The van der Waals surface area contributed by atoms with Gasteiger partial charge in [0, 0.05) is 18.0 Å². The molecule has 1 saturated carbocycles. The maximum absolute atomic E-state index is 6.04. The summed E-state index contributed by atoms with van der Waals surface area (Å²) in [4.78, 5) is 6.52. The van der Waals surface area contributed by atoms with Crippen LogP contribution in [0.15, 0.2) is 0 Å². The van der Waals surface area contributed by atoms with E-state index in [4.69, 9.17) is 9.72 Å². The Bertz CT molecular complexity index is 487. The van der Waals surface area contributed by atoms with E-state index in [0.29, 0.717) is 6.04 Å². The number of aromatic nitrogens is 1. The maximum atomic E-state index is 6.04. The number of rotatable bonds is 4. The highest BCUT2D eigenvalue weighted by molar-refractivity contribution is 7.12. The standard InChI is InChI=1S/C17H28N2OS/c1-4-18-13-8-5-9-14-15(13)21-16(19-14)17(20-3)10-6-7-12(2)11-17/h12-13,18H,4-11H2,1-3H3. The first-order chi connectivity index (χ1) is 10.2. The van der Waals surface area contributed by atoms with Crippen molar-refractivity contribution in [1.29, 1.82) is 0 Å². The van der Waals surface area contributed by atoms with Crippen LogP contribution in [0.2, 0.25) is 0 Å². The number of hydrogen-bond donors (Lipinski definition) is 1. The van der Waals surface area contributed by atoms with E-state index in [0.717, 1.165) is 31.7 Å². The summed E-state index contributed by atoms with van der Waals surface area (Å²) < 4.78 is 6.04. The highest BCUT2D eigenvalue weighted by atomic mass is 32.1. The Kier molecular flexibility index (Phi) is 4.67. The van der Waals surface area contributed by atoms with Crippen LogP contribution >= 0.6 is 11.3 Å². The molecule has 4 heteroatoms. The first-order valence-corrected chi connectivity index (χ1v) is 9.29. The van der Waals surface area contributed by atoms with Gasteiger partial charge in [-0.05, 0) is 51.0 Å². The highest BCUT2D eigenvalue weighted by Crippen LogP contribution is 2.46. The molecular formula is C17H28N2OS. The molecule has 2 aliphatic carbocycles. The van der Waals surface area contributed by atoms with E-state index in [9.17, 15) is 0 Å². The Morgan fingerprint density at radius 2 is 2.24 bits per heavy atom. The number of aryl methyl sites for hydroxylation is 1. The second kappa shape index (κ2) is 6.35. The van der Waals surface area contributed by atoms with Crippen LogP contribution in [0.5, 0.6) is 0 Å². The zero-order valence-corrected chi connectivity index (χ0v) is 14.4. The lowest BCUT2D eigenvalue weighted by atomic mass is 9.79. The maximum Gasteiger partial charge on any atom is 0.125 e. The Morgan fingerprint density at radius 3 is 2.95 bits per heavy atom. The second-order valence-corrected chi connectivity index (χ2v) is 7.76. The fourth-order valence-corrected chi connectivity index (χ4v) is 5.45. The summed E-state index contributed by atoms with van der Waals surface area (Å²) in [7, 11) is 1.88. The normalized spacial score (nSPS) is 32.9. The predicted octanol–water partition coefficient (Wildman–Crippen LogP) is 4.18. The van der Waals surface area contributed by atoms with Gasteiger partial charge in [-0.25, -0.2) is 4.98 Å². The third-order valence-corrected chi connectivity index (χ3v) is 6.53. The van der Waals surface area contributed by atoms with Gasteiger partial charge in [0.15, 0.2) is 0 Å². The van der Waals surface area contributed by atoms with Crippen molar-refractivity contribution in [3.63, 3.8) is 0 Å². The van der Waals surface area contributed by atoms with Crippen molar-refractivity contribution in [2.24, 2.45) is 5.92 Å². The molecule has 3 unspecified atom stereocenters. The van der Waals surface area contributed by atoms with Gasteiger partial charge in [0.25, 0.3) is 0 Å². The van der Waals surface area contributed by atoms with Gasteiger partial charge in [-0.1, -0.05) is 20.3 Å². The van der Waals surface area contributed by atoms with Gasteiger partial charge in [-0.15, -0.1) is 11.3 Å². The Hall–Kier alpha value is -0.450. The second-order valence-electron chi connectivity index (χ2n) is 6.73. The molecule has 3 atom stereocenters. The molecule has 0 amide bonds. The van der Waals surface area contributed by atoms with Gasteiger partial charge in [0.05, 0.1) is 5.69 Å². The van der Waals surface area contributed by atoms with Gasteiger partial charge in [-0.3, -0.25) is 0 Å². The van der Waals surface area contributed by atoms with Crippen molar-refractivity contribution >= 4 is 11.3 Å². The lowest BCUT2D eigenvalue weighted by molar-refractivity contribution is -0.0581. The molecule has 2 aliphatic rings. The molecule has 0 aromatic carbocycles. The van der Waals surface area contributed by atoms with E-state index in [1.807, 2.05) is 18.4 Å². The molecule has 0 aliphatic heterocycles. The fourth-order valence-electron chi connectivity index (χ4n) is 4.03. The van der Waals surface area contributed by atoms with Crippen molar-refractivity contribution in [3.05, 3.63) is 15.6 Å². The predicted molar refractivity (Wildman–Crippen MR) is 87.8 cm³/mol. The van der Waals surface area contributed by atoms with Crippen LogP contribution in [0.4, 0.5) is 0 Å². The van der Waals surface area contributed by atoms with Gasteiger partial charge in [0.2, 0.25) is 0 Å². The smallest absolute Gasteiger partial charge is 0.125 e. The molecule has 118 valence electrons. The number of thiazole rings is 1. The van der Waals surface area contributed by atoms with Gasteiger partial charge < -0.3 is 10.1 Å². The van der Waals surface area contributed by atoms with E-state index < -0.39 is 0 Å². The molecule has 1 heterocycles. The highest BCUT2D eigenvalue weighted by Gasteiger charge is 2.40. The van der Waals surface area contributed by atoms with Crippen LogP contribution in [0.25, 0.3) is 0 Å². The molecule has 21 heavy (non-hydrogen) atoms. The first-order valence-electron chi connectivity index (χ1n) is 8.47. The van der Waals surface area contributed by atoms with Crippen LogP contribution in [0.3, 0.4) is 0 Å². The van der Waals surface area contributed by atoms with Crippen LogP contribution in [0, 0.1) is 5.92 Å². The van der Waals surface area contributed by atoms with E-state index in [1.54, 1.807) is 0 Å². The van der Waals surface area contributed by atoms with Crippen LogP contribution in [-0.2, 0) is 16.8 Å². The molecule has 0 saturated heterocycles. The van der Waals surface area contributed by atoms with Crippen molar-refractivity contribution in [1.82, 2.24) is 10.3 Å². The lowest BCUT2D eigenvalue weighted by Gasteiger charge is -2.37. The molecule has 1 aromatic heterocycles. The third kappa shape index (κ3) is 2.90. The summed E-state index contributed by atoms with van der Waals surface area (Å²) in [5.74, 6) is 0.740. The third-order valence-electron chi connectivity index (χ3n) is 5.14. The molecule has 3 nitrogen and oxygen atoms in total. The van der Waals surface area contributed by atoms with Crippen molar-refractivity contribution < 1.29 is 4.74 Å². The van der Waals surface area contributed by atoms with Crippen LogP contribution in [-0.4, -0.2) is 18.6 Å². The molecule has 0 bridgehead atoms. The zero-order valence-electron chi connectivity index (χ0n) is 13.6. The van der Waals surface area contributed by atoms with Crippen LogP contribution < -0.4 is 5.32 Å². The minimum absolute atomic E-state index is 0.115. The number of fused-ring (bicyclic) bond motifs is 1. The average molecular weight is 308 g/mol. The largest absolute Gasteiger partial charge is 0.371 e. The van der Waals surface area contributed by atoms with Gasteiger partial charge >= 0.3 is 0 Å². The van der Waals surface area contributed by atoms with Crippen molar-refractivity contribution in [3.8, 4) is 0 Å². The minimum atomic E-state index is -0.115. The Morgan fingerprint density at radius 1 is 1.38 bits per heavy atom. The van der Waals surface area contributed by atoms with Crippen molar-refractivity contribution in [2.75, 3.05) is 13.7 Å². The van der Waals surface area contributed by atoms with E-state index in [2.05, 4.69) is 19.2 Å². The number of nitrogens with zero attached hydrogens (tertiary/aromatic N) is 1. The molecule has 0 spiro atoms. The number of methoxy groups -OCH3 is 1. The Labute approximate surface area is 132 Å². The topological polar surface area (TPSA) is 34.2 Å². The van der Waals surface area contributed by atoms with E-state index in [-0.39, 0.29) is 5.60 Å². The molecule has 1 aromatic rings. The average Bonchev–Trinajstić information content (AvgIpc) is 2.93. The summed E-state index contributed by atoms with van der Waals surface area (Å²) in [6.45, 7) is 5.57. The quantitative estimate of drug-likeness (QED) is 0.906. The first kappa shape index (κ1) is 15.4. The molecular weight excluding hydrogens is 280 g/mol. The van der Waals surface area contributed by atoms with Gasteiger partial charge in [0.1, 0.15) is 10.6 Å². The summed E-state index contributed by atoms with van der Waals surface area (Å²) in [6, 6.07) is 0.514. The summed E-state index contributed by atoms with van der Waals surface area (Å²) >= 11 is 1.92. The number of ether oxygens (including phenoxy) is 1. The van der Waals surface area contributed by atoms with E-state index in [1.165, 1.54) is 41.3 Å². The van der Waals surface area contributed by atoms with Crippen molar-refractivity contribution in [2.45, 2.75) is 70.4 Å². The van der Waals surface area contributed by atoms with E-state index >= 15 is 0 Å². The molecule has 3 rings (SSSR count). The number of hydrogen-bond acceptors (Lipinski definition) is 4. The molecule has 0 radical (unpaired) electrons. The zero-order chi connectivity index (χ0) is 14.9. The Balaban J connectivity index is 1.92.